The van der Waals surface area contributed by atoms with E-state index >= 15 is 0 Å². The van der Waals surface area contributed by atoms with Gasteiger partial charge in [0, 0.05) is 17.7 Å². The second-order valence-electron chi connectivity index (χ2n) is 9.17. The highest BCUT2D eigenvalue weighted by molar-refractivity contribution is 6.02. The van der Waals surface area contributed by atoms with E-state index in [-0.39, 0.29) is 28.4 Å². The van der Waals surface area contributed by atoms with Crippen LogP contribution in [0.15, 0.2) is 66.4 Å². The molecule has 8 nitrogen and oxygen atoms in total. The van der Waals surface area contributed by atoms with Gasteiger partial charge in [-0.05, 0) is 60.2 Å². The lowest BCUT2D eigenvalue weighted by Crippen LogP contribution is -2.48. The number of hydrogen-bond acceptors (Lipinski definition) is 6. The molecular formula is C28H21N3O5. The van der Waals surface area contributed by atoms with E-state index in [1.165, 1.54) is 18.2 Å². The van der Waals surface area contributed by atoms with Crippen molar-refractivity contribution in [1.82, 2.24) is 9.97 Å². The van der Waals surface area contributed by atoms with Crippen molar-refractivity contribution in [3.8, 4) is 17.5 Å². The molecule has 3 aromatic rings. The van der Waals surface area contributed by atoms with Gasteiger partial charge in [-0.2, -0.15) is 5.26 Å². The highest BCUT2D eigenvalue weighted by Crippen LogP contribution is 2.53. The molecule has 0 spiro atoms. The van der Waals surface area contributed by atoms with Crippen LogP contribution in [-0.2, 0) is 16.6 Å². The van der Waals surface area contributed by atoms with Crippen molar-refractivity contribution in [2.75, 3.05) is 0 Å². The van der Waals surface area contributed by atoms with Gasteiger partial charge in [0.2, 0.25) is 0 Å². The number of carboxylic acid groups (broad SMARTS) is 2. The summed E-state index contributed by atoms with van der Waals surface area (Å²) in [7, 11) is 0. The quantitative estimate of drug-likeness (QED) is 0.571. The second-order valence-corrected chi connectivity index (χ2v) is 9.17. The Hall–Kier alpha value is -4.64. The van der Waals surface area contributed by atoms with Crippen molar-refractivity contribution in [2.45, 2.75) is 25.2 Å². The van der Waals surface area contributed by atoms with Crippen LogP contribution in [0, 0.1) is 23.2 Å². The first-order chi connectivity index (χ1) is 17.3. The van der Waals surface area contributed by atoms with E-state index in [1.807, 2.05) is 19.1 Å². The molecule has 178 valence electrons. The number of aromatic nitrogens is 2. The predicted octanol–water partition coefficient (Wildman–Crippen LogP) is 4.06. The predicted molar refractivity (Wildman–Crippen MR) is 128 cm³/mol. The summed E-state index contributed by atoms with van der Waals surface area (Å²) in [6.45, 7) is 1.81. The molecule has 0 saturated carbocycles. The Kier molecular flexibility index (Phi) is 5.48. The van der Waals surface area contributed by atoms with Crippen LogP contribution in [0.1, 0.15) is 50.9 Å². The molecule has 2 aliphatic rings. The monoisotopic (exact) mass is 479 g/mol. The standard InChI is InChI=1S/C28H21N3O5/c1-15-22-10-9-19-14-30-25(16-5-7-17(8-6-16)26(33)34)31-24(19)28(22,12-20(13-29)23(15)32)21-4-2-3-18(11-21)27(35)36/h2-8,11-12,14-15,22H,9-10H2,1H3,(H,33,34)(H,35,36)/t15-,22-,28?/m0/s1. The number of aromatic carboxylic acids is 2. The van der Waals surface area contributed by atoms with Gasteiger partial charge in [0.15, 0.2) is 11.6 Å². The molecule has 2 aromatic carbocycles. The smallest absolute Gasteiger partial charge is 0.335 e. The number of nitrogens with zero attached hydrogens (tertiary/aromatic N) is 3. The Morgan fingerprint density at radius 1 is 1.08 bits per heavy atom. The Bertz CT molecular complexity index is 1500. The van der Waals surface area contributed by atoms with Crippen molar-refractivity contribution < 1.29 is 24.6 Å². The molecule has 0 radical (unpaired) electrons. The van der Waals surface area contributed by atoms with Crippen LogP contribution < -0.4 is 0 Å². The number of nitriles is 1. The maximum absolute atomic E-state index is 13.0. The van der Waals surface area contributed by atoms with Crippen molar-refractivity contribution in [2.24, 2.45) is 11.8 Å². The molecular weight excluding hydrogens is 458 g/mol. The van der Waals surface area contributed by atoms with Crippen molar-refractivity contribution in [3.05, 3.63) is 94.3 Å². The van der Waals surface area contributed by atoms with Gasteiger partial charge in [0.05, 0.1) is 27.8 Å². The number of rotatable bonds is 4. The van der Waals surface area contributed by atoms with E-state index in [0.29, 0.717) is 35.5 Å². The summed E-state index contributed by atoms with van der Waals surface area (Å²) in [4.78, 5) is 45.5. The van der Waals surface area contributed by atoms with Crippen molar-refractivity contribution in [1.29, 1.82) is 5.26 Å². The number of ketones is 1. The Morgan fingerprint density at radius 2 is 1.81 bits per heavy atom. The van der Waals surface area contributed by atoms with E-state index < -0.39 is 23.3 Å². The number of allylic oxidation sites excluding steroid dienone is 2. The van der Waals surface area contributed by atoms with Gasteiger partial charge in [-0.3, -0.25) is 4.79 Å². The third kappa shape index (κ3) is 3.48. The van der Waals surface area contributed by atoms with Gasteiger partial charge in [-0.15, -0.1) is 0 Å². The van der Waals surface area contributed by atoms with E-state index in [4.69, 9.17) is 4.98 Å². The second kappa shape index (κ2) is 8.54. The largest absolute Gasteiger partial charge is 0.478 e. The summed E-state index contributed by atoms with van der Waals surface area (Å²) in [5, 5.41) is 28.7. The van der Waals surface area contributed by atoms with Gasteiger partial charge >= 0.3 is 11.9 Å². The van der Waals surface area contributed by atoms with Gasteiger partial charge in [0.25, 0.3) is 0 Å². The molecule has 1 aromatic heterocycles. The van der Waals surface area contributed by atoms with Crippen molar-refractivity contribution in [3.63, 3.8) is 0 Å². The highest BCUT2D eigenvalue weighted by atomic mass is 16.4. The molecule has 36 heavy (non-hydrogen) atoms. The van der Waals surface area contributed by atoms with Gasteiger partial charge in [-0.25, -0.2) is 19.6 Å². The number of carboxylic acids is 2. The molecule has 8 heteroatoms. The summed E-state index contributed by atoms with van der Waals surface area (Å²) in [5.41, 5.74) is 2.00. The first-order valence-corrected chi connectivity index (χ1v) is 11.5. The molecule has 2 N–H and O–H groups in total. The van der Waals surface area contributed by atoms with Crippen LogP contribution >= 0.6 is 0 Å². The average Bonchev–Trinajstić information content (AvgIpc) is 2.90. The lowest BCUT2D eigenvalue weighted by molar-refractivity contribution is -0.121. The number of carbonyl (C=O) groups excluding carboxylic acids is 1. The summed E-state index contributed by atoms with van der Waals surface area (Å²) in [6, 6.07) is 14.8. The number of carbonyl (C=O) groups is 3. The highest BCUT2D eigenvalue weighted by Gasteiger charge is 2.53. The number of benzene rings is 2. The summed E-state index contributed by atoms with van der Waals surface area (Å²) in [5.74, 6) is -2.68. The summed E-state index contributed by atoms with van der Waals surface area (Å²) >= 11 is 0. The number of fused-ring (bicyclic) bond motifs is 3. The molecule has 5 rings (SSSR count). The van der Waals surface area contributed by atoms with Crippen LogP contribution in [0.5, 0.6) is 0 Å². The summed E-state index contributed by atoms with van der Waals surface area (Å²) in [6.07, 6.45) is 4.65. The maximum atomic E-state index is 13.0. The van der Waals surface area contributed by atoms with Gasteiger partial charge < -0.3 is 10.2 Å². The van der Waals surface area contributed by atoms with Crippen molar-refractivity contribution >= 4 is 17.7 Å². The normalized spacial score (nSPS) is 22.6. The molecule has 0 amide bonds. The SMILES string of the molecule is C[C@@H]1C(=O)C(C#N)=CC2(c3cccc(C(=O)O)c3)c3nc(-c4ccc(C(=O)O)cc4)ncc3CC[C@@H]12. The fourth-order valence-corrected chi connectivity index (χ4v) is 5.54. The Morgan fingerprint density at radius 3 is 2.47 bits per heavy atom. The van der Waals surface area contributed by atoms with E-state index in [1.54, 1.807) is 36.5 Å². The minimum atomic E-state index is -1.08. The lowest BCUT2D eigenvalue weighted by atomic mass is 9.54. The molecule has 0 aliphatic heterocycles. The molecule has 1 unspecified atom stereocenters. The molecule has 0 saturated heterocycles. The minimum Gasteiger partial charge on any atom is -0.478 e. The number of aryl methyl sites for hydroxylation is 1. The van der Waals surface area contributed by atoms with Gasteiger partial charge in [0.1, 0.15) is 6.07 Å². The van der Waals surface area contributed by atoms with Crippen LogP contribution in [0.4, 0.5) is 0 Å². The maximum Gasteiger partial charge on any atom is 0.335 e. The lowest BCUT2D eigenvalue weighted by Gasteiger charge is -2.48. The summed E-state index contributed by atoms with van der Waals surface area (Å²) < 4.78 is 0. The minimum absolute atomic E-state index is 0.0262. The van der Waals surface area contributed by atoms with E-state index in [9.17, 15) is 29.9 Å². The fraction of sp³-hybridized carbons (Fsp3) is 0.214. The zero-order valence-corrected chi connectivity index (χ0v) is 19.3. The Labute approximate surface area is 206 Å². The van der Waals surface area contributed by atoms with E-state index in [2.05, 4.69) is 4.98 Å². The average molecular weight is 479 g/mol. The fourth-order valence-electron chi connectivity index (χ4n) is 5.54. The first-order valence-electron chi connectivity index (χ1n) is 11.5. The third-order valence-corrected chi connectivity index (χ3v) is 7.32. The van der Waals surface area contributed by atoms with Crippen LogP contribution in [-0.4, -0.2) is 37.9 Å². The molecule has 3 atom stereocenters. The molecule has 0 fully saturated rings. The number of Topliss-reactive ketones (excluding diaryl/α,β-unsaturated/α-hetero) is 1. The molecule has 2 aliphatic carbocycles. The zero-order chi connectivity index (χ0) is 25.6. The van der Waals surface area contributed by atoms with Crippen LogP contribution in [0.25, 0.3) is 11.4 Å². The number of hydrogen-bond donors (Lipinski definition) is 2. The van der Waals surface area contributed by atoms with Crippen LogP contribution in [0.2, 0.25) is 0 Å². The first kappa shape index (κ1) is 23.1. The van der Waals surface area contributed by atoms with Gasteiger partial charge in [-0.1, -0.05) is 31.2 Å². The third-order valence-electron chi connectivity index (χ3n) is 7.32. The molecule has 1 heterocycles. The van der Waals surface area contributed by atoms with Crippen LogP contribution in [0.3, 0.4) is 0 Å². The van der Waals surface area contributed by atoms with E-state index in [0.717, 1.165) is 5.56 Å². The molecule has 0 bridgehead atoms. The topological polar surface area (TPSA) is 141 Å². The zero-order valence-electron chi connectivity index (χ0n) is 19.3. The Balaban J connectivity index is 1.79.